The van der Waals surface area contributed by atoms with Gasteiger partial charge in [0.05, 0.1) is 19.9 Å². The standard InChI is InChI=1S/C16H17ClN4O.C7H8OS/c1-18-8-10-9-19-14-7-11(3-4-12(10)14)20-13-5-6-15(22-2)21-16(13)17;1-8-6-3-2-4-7(9)5-6/h3-7,9,18-20H,8H2,1-2H3;2-5,9H,1H3. The Morgan fingerprint density at radius 2 is 1.90 bits per heavy atom. The molecular formula is C23H25ClN4O2S. The van der Waals surface area contributed by atoms with Crippen LogP contribution in [0.4, 0.5) is 11.4 Å². The van der Waals surface area contributed by atoms with Crippen molar-refractivity contribution in [3.63, 3.8) is 0 Å². The molecule has 0 saturated heterocycles. The lowest BCUT2D eigenvalue weighted by Gasteiger charge is -2.09. The number of methoxy groups -OCH3 is 2. The van der Waals surface area contributed by atoms with Gasteiger partial charge in [-0.1, -0.05) is 23.7 Å². The van der Waals surface area contributed by atoms with Gasteiger partial charge in [-0.15, -0.1) is 12.6 Å². The molecule has 6 nitrogen and oxygen atoms in total. The van der Waals surface area contributed by atoms with E-state index in [9.17, 15) is 0 Å². The highest BCUT2D eigenvalue weighted by molar-refractivity contribution is 7.80. The first kappa shape index (κ1) is 22.8. The molecule has 4 rings (SSSR count). The monoisotopic (exact) mass is 456 g/mol. The molecule has 4 aromatic rings. The molecule has 0 aliphatic carbocycles. The van der Waals surface area contributed by atoms with Gasteiger partial charge in [0.25, 0.3) is 0 Å². The van der Waals surface area contributed by atoms with Crippen molar-refractivity contribution in [1.82, 2.24) is 15.3 Å². The molecule has 0 amide bonds. The molecule has 8 heteroatoms. The van der Waals surface area contributed by atoms with Gasteiger partial charge in [-0.2, -0.15) is 4.98 Å². The fourth-order valence-electron chi connectivity index (χ4n) is 2.99. The Morgan fingerprint density at radius 3 is 2.55 bits per heavy atom. The second-order valence-corrected chi connectivity index (χ2v) is 7.50. The maximum absolute atomic E-state index is 6.15. The van der Waals surface area contributed by atoms with Crippen molar-refractivity contribution in [1.29, 1.82) is 0 Å². The Kier molecular flexibility index (Phi) is 8.06. The van der Waals surface area contributed by atoms with E-state index in [0.717, 1.165) is 34.1 Å². The van der Waals surface area contributed by atoms with Crippen LogP contribution in [0.15, 0.2) is 65.7 Å². The molecule has 2 aromatic carbocycles. The van der Waals surface area contributed by atoms with Gasteiger partial charge in [0.15, 0.2) is 5.15 Å². The average Bonchev–Trinajstić information content (AvgIpc) is 3.18. The maximum Gasteiger partial charge on any atom is 0.214 e. The summed E-state index contributed by atoms with van der Waals surface area (Å²) in [6, 6.07) is 17.3. The van der Waals surface area contributed by atoms with E-state index in [1.165, 1.54) is 10.9 Å². The molecule has 0 bridgehead atoms. The van der Waals surface area contributed by atoms with Gasteiger partial charge >= 0.3 is 0 Å². The van der Waals surface area contributed by atoms with Gasteiger partial charge in [0, 0.05) is 40.3 Å². The van der Waals surface area contributed by atoms with Crippen LogP contribution in [0.2, 0.25) is 5.15 Å². The molecule has 0 fully saturated rings. The lowest BCUT2D eigenvalue weighted by atomic mass is 10.1. The second-order valence-electron chi connectivity index (χ2n) is 6.62. The number of fused-ring (bicyclic) bond motifs is 1. The highest BCUT2D eigenvalue weighted by atomic mass is 35.5. The quantitative estimate of drug-likeness (QED) is 0.222. The molecule has 0 aliphatic heterocycles. The van der Waals surface area contributed by atoms with Crippen molar-refractivity contribution in [3.8, 4) is 11.6 Å². The number of nitrogens with zero attached hydrogens (tertiary/aromatic N) is 1. The van der Waals surface area contributed by atoms with Crippen LogP contribution >= 0.6 is 24.2 Å². The number of hydrogen-bond acceptors (Lipinski definition) is 6. The number of H-pyrrole nitrogens is 1. The lowest BCUT2D eigenvalue weighted by Crippen LogP contribution is -2.03. The number of pyridine rings is 1. The van der Waals surface area contributed by atoms with Gasteiger partial charge in [0.2, 0.25) is 5.88 Å². The summed E-state index contributed by atoms with van der Waals surface area (Å²) in [5, 5.41) is 8.02. The Labute approximate surface area is 192 Å². The number of rotatable bonds is 6. The molecule has 2 heterocycles. The molecular weight excluding hydrogens is 432 g/mol. The van der Waals surface area contributed by atoms with E-state index in [0.29, 0.717) is 11.0 Å². The Hall–Kier alpha value is -2.87. The topological polar surface area (TPSA) is 71.2 Å². The summed E-state index contributed by atoms with van der Waals surface area (Å²) < 4.78 is 10.00. The van der Waals surface area contributed by atoms with Crippen LogP contribution in [0.1, 0.15) is 5.56 Å². The smallest absolute Gasteiger partial charge is 0.214 e. The molecule has 0 spiro atoms. The molecule has 0 unspecified atom stereocenters. The van der Waals surface area contributed by atoms with Gasteiger partial charge < -0.3 is 25.1 Å². The van der Waals surface area contributed by atoms with E-state index >= 15 is 0 Å². The first-order valence-electron chi connectivity index (χ1n) is 9.59. The number of nitrogens with one attached hydrogen (secondary N) is 3. The van der Waals surface area contributed by atoms with E-state index in [2.05, 4.69) is 45.4 Å². The number of aromatic nitrogens is 2. The molecule has 0 atom stereocenters. The van der Waals surface area contributed by atoms with Crippen molar-refractivity contribution in [2.75, 3.05) is 26.6 Å². The van der Waals surface area contributed by atoms with Crippen LogP contribution in [0, 0.1) is 0 Å². The molecule has 2 aromatic heterocycles. The van der Waals surface area contributed by atoms with Crippen molar-refractivity contribution in [2.45, 2.75) is 11.4 Å². The van der Waals surface area contributed by atoms with E-state index in [-0.39, 0.29) is 0 Å². The lowest BCUT2D eigenvalue weighted by molar-refractivity contribution is 0.398. The normalized spacial score (nSPS) is 10.4. The number of ether oxygens (including phenoxy) is 2. The molecule has 3 N–H and O–H groups in total. The third-order valence-electron chi connectivity index (χ3n) is 4.50. The van der Waals surface area contributed by atoms with Crippen LogP contribution < -0.4 is 20.1 Å². The third kappa shape index (κ3) is 6.07. The predicted molar refractivity (Wildman–Crippen MR) is 130 cm³/mol. The summed E-state index contributed by atoms with van der Waals surface area (Å²) in [4.78, 5) is 8.35. The summed E-state index contributed by atoms with van der Waals surface area (Å²) in [6.45, 7) is 0.834. The van der Waals surface area contributed by atoms with Crippen LogP contribution in [0.25, 0.3) is 10.9 Å². The van der Waals surface area contributed by atoms with E-state index in [4.69, 9.17) is 21.1 Å². The van der Waals surface area contributed by atoms with Crippen molar-refractivity contribution in [3.05, 3.63) is 71.5 Å². The minimum Gasteiger partial charge on any atom is -0.497 e. The first-order valence-corrected chi connectivity index (χ1v) is 10.4. The Balaban J connectivity index is 0.000000254. The van der Waals surface area contributed by atoms with Crippen molar-refractivity contribution < 1.29 is 9.47 Å². The highest BCUT2D eigenvalue weighted by Gasteiger charge is 2.07. The summed E-state index contributed by atoms with van der Waals surface area (Å²) >= 11 is 10.3. The number of halogens is 1. The summed E-state index contributed by atoms with van der Waals surface area (Å²) in [7, 11) is 5.14. The second kappa shape index (κ2) is 10.9. The minimum absolute atomic E-state index is 0.377. The molecule has 0 radical (unpaired) electrons. The summed E-state index contributed by atoms with van der Waals surface area (Å²) in [5.41, 5.74) is 4.00. The Bertz CT molecular complexity index is 1150. The zero-order valence-corrected chi connectivity index (χ0v) is 19.2. The zero-order chi connectivity index (χ0) is 22.2. The number of anilines is 2. The predicted octanol–water partition coefficient (Wildman–Crippen LogP) is 5.67. The van der Waals surface area contributed by atoms with Gasteiger partial charge in [0.1, 0.15) is 5.75 Å². The minimum atomic E-state index is 0.377. The fraction of sp³-hybridized carbons (Fsp3) is 0.174. The van der Waals surface area contributed by atoms with Crippen molar-refractivity contribution >= 4 is 46.5 Å². The number of aromatic amines is 1. The first-order chi connectivity index (χ1) is 15.0. The summed E-state index contributed by atoms with van der Waals surface area (Å²) in [6.07, 6.45) is 2.02. The SMILES string of the molecule is CNCc1c[nH]c2cc(Nc3ccc(OC)nc3Cl)ccc12.COc1cccc(S)c1. The number of hydrogen-bond donors (Lipinski definition) is 4. The molecule has 0 saturated carbocycles. The molecule has 162 valence electrons. The van der Waals surface area contributed by atoms with Crippen LogP contribution in [0.5, 0.6) is 11.6 Å². The van der Waals surface area contributed by atoms with Crippen molar-refractivity contribution in [2.24, 2.45) is 0 Å². The van der Waals surface area contributed by atoms with E-state index in [1.54, 1.807) is 20.3 Å². The van der Waals surface area contributed by atoms with Gasteiger partial charge in [-0.3, -0.25) is 0 Å². The third-order valence-corrected chi connectivity index (χ3v) is 5.07. The molecule has 31 heavy (non-hydrogen) atoms. The fourth-order valence-corrected chi connectivity index (χ4v) is 3.40. The maximum atomic E-state index is 6.15. The van der Waals surface area contributed by atoms with Gasteiger partial charge in [-0.25, -0.2) is 0 Å². The molecule has 0 aliphatic rings. The Morgan fingerprint density at radius 1 is 1.06 bits per heavy atom. The van der Waals surface area contributed by atoms with Crippen LogP contribution in [0.3, 0.4) is 0 Å². The number of benzene rings is 2. The van der Waals surface area contributed by atoms with Crippen LogP contribution in [-0.2, 0) is 6.54 Å². The van der Waals surface area contributed by atoms with Crippen LogP contribution in [-0.4, -0.2) is 31.2 Å². The largest absolute Gasteiger partial charge is 0.497 e. The highest BCUT2D eigenvalue weighted by Crippen LogP contribution is 2.28. The average molecular weight is 457 g/mol. The summed E-state index contributed by atoms with van der Waals surface area (Å²) in [5.74, 6) is 1.34. The number of thiol groups is 1. The van der Waals surface area contributed by atoms with Gasteiger partial charge in [-0.05, 0) is 49.0 Å². The van der Waals surface area contributed by atoms with E-state index in [1.807, 2.05) is 49.6 Å². The van der Waals surface area contributed by atoms with E-state index < -0.39 is 0 Å². The zero-order valence-electron chi connectivity index (χ0n) is 17.6.